The first-order chi connectivity index (χ1) is 8.74. The van der Waals surface area contributed by atoms with Gasteiger partial charge in [0, 0.05) is 18.2 Å². The Kier molecular flexibility index (Phi) is 2.96. The Bertz CT molecular complexity index is 492. The summed E-state index contributed by atoms with van der Waals surface area (Å²) >= 11 is 0. The Hall–Kier alpha value is -1.55. The Balaban J connectivity index is 1.74. The molecule has 2 aromatic heterocycles. The molecule has 2 heterocycles. The maximum atomic E-state index is 5.44. The molecular formula is C14H18N2O2. The predicted octanol–water partition coefficient (Wildman–Crippen LogP) is 3.05. The maximum absolute atomic E-state index is 5.44. The predicted molar refractivity (Wildman–Crippen MR) is 67.0 cm³/mol. The SMILES string of the molecule is Cc1noc(C)c1CN(Cc1ccco1)C1CC1. The number of hydrogen-bond acceptors (Lipinski definition) is 4. The molecule has 1 aliphatic rings. The monoisotopic (exact) mass is 246 g/mol. The molecule has 0 amide bonds. The number of nitrogens with zero attached hydrogens (tertiary/aromatic N) is 2. The average molecular weight is 246 g/mol. The Morgan fingerprint density at radius 2 is 2.17 bits per heavy atom. The molecule has 96 valence electrons. The van der Waals surface area contributed by atoms with Crippen molar-refractivity contribution in [2.24, 2.45) is 0 Å². The summed E-state index contributed by atoms with van der Waals surface area (Å²) in [6, 6.07) is 4.66. The van der Waals surface area contributed by atoms with Gasteiger partial charge >= 0.3 is 0 Å². The molecule has 0 atom stereocenters. The van der Waals surface area contributed by atoms with Gasteiger partial charge in [-0.15, -0.1) is 0 Å². The number of hydrogen-bond donors (Lipinski definition) is 0. The van der Waals surface area contributed by atoms with Crippen molar-refractivity contribution >= 4 is 0 Å². The van der Waals surface area contributed by atoms with E-state index in [1.165, 1.54) is 18.4 Å². The summed E-state index contributed by atoms with van der Waals surface area (Å²) in [4.78, 5) is 2.45. The number of furan rings is 1. The van der Waals surface area contributed by atoms with Crippen molar-refractivity contribution in [1.29, 1.82) is 0 Å². The normalized spacial score (nSPS) is 15.5. The van der Waals surface area contributed by atoms with Crippen molar-refractivity contribution in [1.82, 2.24) is 10.1 Å². The summed E-state index contributed by atoms with van der Waals surface area (Å²) in [6.45, 7) is 5.74. The maximum Gasteiger partial charge on any atom is 0.138 e. The molecule has 4 nitrogen and oxygen atoms in total. The van der Waals surface area contributed by atoms with Crippen LogP contribution in [0.5, 0.6) is 0 Å². The van der Waals surface area contributed by atoms with Crippen LogP contribution in [0.25, 0.3) is 0 Å². The van der Waals surface area contributed by atoms with Crippen molar-refractivity contribution in [2.45, 2.75) is 45.8 Å². The topological polar surface area (TPSA) is 42.4 Å². The quantitative estimate of drug-likeness (QED) is 0.813. The molecule has 3 rings (SSSR count). The van der Waals surface area contributed by atoms with Gasteiger partial charge in [0.2, 0.25) is 0 Å². The van der Waals surface area contributed by atoms with Crippen molar-refractivity contribution < 1.29 is 8.94 Å². The molecule has 0 bridgehead atoms. The first-order valence-corrected chi connectivity index (χ1v) is 6.42. The second-order valence-corrected chi connectivity index (χ2v) is 5.02. The van der Waals surface area contributed by atoms with Gasteiger partial charge in [-0.1, -0.05) is 5.16 Å². The molecule has 0 aromatic carbocycles. The molecule has 1 aliphatic carbocycles. The van der Waals surface area contributed by atoms with Crippen molar-refractivity contribution in [3.8, 4) is 0 Å². The zero-order valence-electron chi connectivity index (χ0n) is 10.8. The highest BCUT2D eigenvalue weighted by molar-refractivity contribution is 5.21. The van der Waals surface area contributed by atoms with Crippen LogP contribution in [-0.4, -0.2) is 16.1 Å². The van der Waals surface area contributed by atoms with E-state index >= 15 is 0 Å². The third-order valence-electron chi connectivity index (χ3n) is 3.54. The van der Waals surface area contributed by atoms with Gasteiger partial charge in [0.1, 0.15) is 11.5 Å². The van der Waals surface area contributed by atoms with Crippen LogP contribution < -0.4 is 0 Å². The summed E-state index contributed by atoms with van der Waals surface area (Å²) in [5.41, 5.74) is 2.21. The van der Waals surface area contributed by atoms with E-state index in [0.717, 1.165) is 30.3 Å². The Morgan fingerprint density at radius 1 is 1.33 bits per heavy atom. The zero-order chi connectivity index (χ0) is 12.5. The van der Waals surface area contributed by atoms with Gasteiger partial charge in [-0.2, -0.15) is 0 Å². The van der Waals surface area contributed by atoms with Gasteiger partial charge < -0.3 is 8.94 Å². The zero-order valence-corrected chi connectivity index (χ0v) is 10.8. The Labute approximate surface area is 107 Å². The molecule has 0 unspecified atom stereocenters. The van der Waals surface area contributed by atoms with Crippen LogP contribution in [0.1, 0.15) is 35.6 Å². The summed E-state index contributed by atoms with van der Waals surface area (Å²) in [5.74, 6) is 1.95. The molecule has 2 aromatic rings. The largest absolute Gasteiger partial charge is 0.468 e. The minimum atomic E-state index is 0.684. The molecule has 0 radical (unpaired) electrons. The number of rotatable bonds is 5. The van der Waals surface area contributed by atoms with E-state index in [2.05, 4.69) is 10.1 Å². The van der Waals surface area contributed by atoms with E-state index < -0.39 is 0 Å². The van der Waals surface area contributed by atoms with Gasteiger partial charge in [-0.05, 0) is 38.8 Å². The smallest absolute Gasteiger partial charge is 0.138 e. The minimum absolute atomic E-state index is 0.684. The third-order valence-corrected chi connectivity index (χ3v) is 3.54. The van der Waals surface area contributed by atoms with Gasteiger partial charge in [-0.25, -0.2) is 0 Å². The van der Waals surface area contributed by atoms with Crippen LogP contribution >= 0.6 is 0 Å². The lowest BCUT2D eigenvalue weighted by molar-refractivity contribution is 0.223. The van der Waals surface area contributed by atoms with E-state index in [-0.39, 0.29) is 0 Å². The second kappa shape index (κ2) is 4.61. The van der Waals surface area contributed by atoms with Crippen molar-refractivity contribution in [3.63, 3.8) is 0 Å². The van der Waals surface area contributed by atoms with Crippen LogP contribution in [0.2, 0.25) is 0 Å². The van der Waals surface area contributed by atoms with E-state index in [0.29, 0.717) is 6.04 Å². The lowest BCUT2D eigenvalue weighted by atomic mass is 10.2. The van der Waals surface area contributed by atoms with Gasteiger partial charge in [-0.3, -0.25) is 4.90 Å². The van der Waals surface area contributed by atoms with Crippen molar-refractivity contribution in [2.75, 3.05) is 0 Å². The molecule has 1 fully saturated rings. The summed E-state index contributed by atoms with van der Waals surface area (Å²) in [7, 11) is 0. The molecule has 0 spiro atoms. The highest BCUT2D eigenvalue weighted by Gasteiger charge is 2.30. The molecule has 0 N–H and O–H groups in total. The molecule has 0 saturated heterocycles. The van der Waals surface area contributed by atoms with Crippen LogP contribution in [0, 0.1) is 13.8 Å². The third kappa shape index (κ3) is 2.34. The van der Waals surface area contributed by atoms with Crippen LogP contribution in [0.3, 0.4) is 0 Å². The summed E-state index contributed by atoms with van der Waals surface area (Å²) in [6.07, 6.45) is 4.30. The molecular weight excluding hydrogens is 228 g/mol. The molecule has 1 saturated carbocycles. The lowest BCUT2D eigenvalue weighted by Crippen LogP contribution is -2.25. The van der Waals surface area contributed by atoms with E-state index in [9.17, 15) is 0 Å². The number of aryl methyl sites for hydroxylation is 2. The van der Waals surface area contributed by atoms with Gasteiger partial charge in [0.15, 0.2) is 0 Å². The van der Waals surface area contributed by atoms with E-state index in [4.69, 9.17) is 8.94 Å². The fourth-order valence-corrected chi connectivity index (χ4v) is 2.29. The highest BCUT2D eigenvalue weighted by Crippen LogP contribution is 2.31. The summed E-state index contributed by atoms with van der Waals surface area (Å²) in [5, 5.41) is 4.02. The average Bonchev–Trinajstić information content (AvgIpc) is 3.00. The highest BCUT2D eigenvalue weighted by atomic mass is 16.5. The van der Waals surface area contributed by atoms with Crippen LogP contribution in [0.15, 0.2) is 27.3 Å². The van der Waals surface area contributed by atoms with Crippen LogP contribution in [0.4, 0.5) is 0 Å². The molecule has 4 heteroatoms. The fourth-order valence-electron chi connectivity index (χ4n) is 2.29. The molecule has 18 heavy (non-hydrogen) atoms. The van der Waals surface area contributed by atoms with E-state index in [1.54, 1.807) is 6.26 Å². The lowest BCUT2D eigenvalue weighted by Gasteiger charge is -2.20. The second-order valence-electron chi connectivity index (χ2n) is 5.02. The molecule has 0 aliphatic heterocycles. The van der Waals surface area contributed by atoms with Gasteiger partial charge in [0.25, 0.3) is 0 Å². The fraction of sp³-hybridized carbons (Fsp3) is 0.500. The Morgan fingerprint density at radius 3 is 2.72 bits per heavy atom. The summed E-state index contributed by atoms with van der Waals surface area (Å²) < 4.78 is 10.7. The standard InChI is InChI=1S/C14H18N2O2/c1-10-14(11(2)18-15-10)9-16(12-5-6-12)8-13-4-3-7-17-13/h3-4,7,12H,5-6,8-9H2,1-2H3. The number of aromatic nitrogens is 1. The minimum Gasteiger partial charge on any atom is -0.468 e. The first-order valence-electron chi connectivity index (χ1n) is 6.42. The van der Waals surface area contributed by atoms with Crippen molar-refractivity contribution in [3.05, 3.63) is 41.2 Å². The first kappa shape index (κ1) is 11.5. The van der Waals surface area contributed by atoms with Crippen LogP contribution in [-0.2, 0) is 13.1 Å². The van der Waals surface area contributed by atoms with E-state index in [1.807, 2.05) is 26.0 Å². The van der Waals surface area contributed by atoms with Gasteiger partial charge in [0.05, 0.1) is 18.5 Å².